The number of aliphatic carboxylic acids is 1. The van der Waals surface area contributed by atoms with E-state index in [0.717, 1.165) is 31.8 Å². The quantitative estimate of drug-likeness (QED) is 0.858. The first-order chi connectivity index (χ1) is 8.61. The number of carbonyl (C=O) groups is 1. The lowest BCUT2D eigenvalue weighted by Gasteiger charge is -2.15. The van der Waals surface area contributed by atoms with Gasteiger partial charge in [-0.3, -0.25) is 9.69 Å². The van der Waals surface area contributed by atoms with E-state index in [-0.39, 0.29) is 11.8 Å². The first-order valence-corrected chi connectivity index (χ1v) is 6.53. The molecular formula is C13H21N3O2. The van der Waals surface area contributed by atoms with Crippen molar-refractivity contribution in [3.8, 4) is 0 Å². The molecule has 100 valence electrons. The normalized spacial score (nSPS) is 24.6. The Morgan fingerprint density at radius 1 is 1.56 bits per heavy atom. The molecule has 0 aromatic carbocycles. The molecular weight excluding hydrogens is 230 g/mol. The van der Waals surface area contributed by atoms with E-state index in [1.54, 1.807) is 6.20 Å². The van der Waals surface area contributed by atoms with Gasteiger partial charge < -0.3 is 9.67 Å². The van der Waals surface area contributed by atoms with E-state index in [9.17, 15) is 9.90 Å². The molecule has 1 saturated heterocycles. The summed E-state index contributed by atoms with van der Waals surface area (Å²) >= 11 is 0. The maximum absolute atomic E-state index is 11.3. The van der Waals surface area contributed by atoms with Gasteiger partial charge in [0.1, 0.15) is 5.82 Å². The van der Waals surface area contributed by atoms with Crippen molar-refractivity contribution >= 4 is 5.97 Å². The molecule has 1 aromatic heterocycles. The van der Waals surface area contributed by atoms with Crippen LogP contribution in [0, 0.1) is 11.8 Å². The Morgan fingerprint density at radius 3 is 2.89 bits per heavy atom. The maximum atomic E-state index is 11.3. The van der Waals surface area contributed by atoms with Crippen LogP contribution >= 0.6 is 0 Å². The second kappa shape index (κ2) is 5.52. The summed E-state index contributed by atoms with van der Waals surface area (Å²) in [5.74, 6) is 0.407. The fourth-order valence-corrected chi connectivity index (χ4v) is 2.78. The SMILES string of the molecule is CCC[C@@H]1CN(Cc2nccn2C)C[C@H]1C(=O)O. The van der Waals surface area contributed by atoms with E-state index < -0.39 is 5.97 Å². The second-order valence-electron chi connectivity index (χ2n) is 5.14. The molecule has 0 bridgehead atoms. The Balaban J connectivity index is 2.00. The highest BCUT2D eigenvalue weighted by atomic mass is 16.4. The summed E-state index contributed by atoms with van der Waals surface area (Å²) in [6, 6.07) is 0. The number of hydrogen-bond acceptors (Lipinski definition) is 3. The summed E-state index contributed by atoms with van der Waals surface area (Å²) in [4.78, 5) is 17.8. The minimum absolute atomic E-state index is 0.217. The number of carboxylic acid groups (broad SMARTS) is 1. The van der Waals surface area contributed by atoms with E-state index in [1.165, 1.54) is 0 Å². The van der Waals surface area contributed by atoms with Crippen LogP contribution in [-0.2, 0) is 18.4 Å². The standard InChI is InChI=1S/C13H21N3O2/c1-3-4-10-7-16(8-11(10)13(17)18)9-12-14-5-6-15(12)2/h5-6,10-11H,3-4,7-9H2,1-2H3,(H,17,18)/t10-,11-/m1/s1. The van der Waals surface area contributed by atoms with Crippen molar-refractivity contribution in [3.05, 3.63) is 18.2 Å². The molecule has 0 amide bonds. The van der Waals surface area contributed by atoms with E-state index >= 15 is 0 Å². The number of hydrogen-bond donors (Lipinski definition) is 1. The van der Waals surface area contributed by atoms with Gasteiger partial charge in [0, 0.05) is 32.5 Å². The van der Waals surface area contributed by atoms with Crippen LogP contribution in [-0.4, -0.2) is 38.6 Å². The zero-order valence-corrected chi connectivity index (χ0v) is 11.0. The number of aryl methyl sites for hydroxylation is 1. The van der Waals surface area contributed by atoms with Crippen LogP contribution in [0.3, 0.4) is 0 Å². The van der Waals surface area contributed by atoms with E-state index in [2.05, 4.69) is 16.8 Å². The monoisotopic (exact) mass is 251 g/mol. The van der Waals surface area contributed by atoms with Crippen LogP contribution in [0.5, 0.6) is 0 Å². The third kappa shape index (κ3) is 2.72. The molecule has 0 radical (unpaired) electrons. The predicted molar refractivity (Wildman–Crippen MR) is 68.0 cm³/mol. The molecule has 2 heterocycles. The predicted octanol–water partition coefficient (Wildman–Crippen LogP) is 1.35. The van der Waals surface area contributed by atoms with Gasteiger partial charge >= 0.3 is 5.97 Å². The molecule has 2 atom stereocenters. The van der Waals surface area contributed by atoms with Gasteiger partial charge in [0.15, 0.2) is 0 Å². The lowest BCUT2D eigenvalue weighted by molar-refractivity contribution is -0.142. The number of carboxylic acids is 1. The van der Waals surface area contributed by atoms with Gasteiger partial charge in [0.25, 0.3) is 0 Å². The summed E-state index contributed by atoms with van der Waals surface area (Å²) in [5, 5.41) is 9.26. The molecule has 0 saturated carbocycles. The summed E-state index contributed by atoms with van der Waals surface area (Å²) in [7, 11) is 1.97. The van der Waals surface area contributed by atoms with Gasteiger partial charge in [0.2, 0.25) is 0 Å². The molecule has 5 nitrogen and oxygen atoms in total. The summed E-state index contributed by atoms with van der Waals surface area (Å²) < 4.78 is 1.99. The average molecular weight is 251 g/mol. The summed E-state index contributed by atoms with van der Waals surface area (Å²) in [6.45, 7) is 4.37. The average Bonchev–Trinajstić information content (AvgIpc) is 2.88. The first kappa shape index (κ1) is 13.1. The van der Waals surface area contributed by atoms with Crippen LogP contribution in [0.15, 0.2) is 12.4 Å². The lowest BCUT2D eigenvalue weighted by atomic mass is 9.92. The van der Waals surface area contributed by atoms with Crippen LogP contribution in [0.25, 0.3) is 0 Å². The molecule has 1 aromatic rings. The Hall–Kier alpha value is -1.36. The molecule has 1 fully saturated rings. The molecule has 1 N–H and O–H groups in total. The van der Waals surface area contributed by atoms with Crippen LogP contribution in [0.4, 0.5) is 0 Å². The Labute approximate surface area is 107 Å². The van der Waals surface area contributed by atoms with Gasteiger partial charge in [-0.05, 0) is 12.3 Å². The van der Waals surface area contributed by atoms with Gasteiger partial charge in [-0.2, -0.15) is 0 Å². The Bertz CT molecular complexity index is 416. The molecule has 0 unspecified atom stereocenters. The molecule has 0 aliphatic carbocycles. The van der Waals surface area contributed by atoms with E-state index in [4.69, 9.17) is 0 Å². The number of imidazole rings is 1. The lowest BCUT2D eigenvalue weighted by Crippen LogP contribution is -2.24. The number of aromatic nitrogens is 2. The zero-order chi connectivity index (χ0) is 13.1. The fourth-order valence-electron chi connectivity index (χ4n) is 2.78. The Morgan fingerprint density at radius 2 is 2.33 bits per heavy atom. The van der Waals surface area contributed by atoms with Crippen molar-refractivity contribution in [1.82, 2.24) is 14.5 Å². The smallest absolute Gasteiger partial charge is 0.308 e. The summed E-state index contributed by atoms with van der Waals surface area (Å²) in [6.07, 6.45) is 5.74. The fraction of sp³-hybridized carbons (Fsp3) is 0.692. The van der Waals surface area contributed by atoms with Crippen molar-refractivity contribution in [2.45, 2.75) is 26.3 Å². The minimum Gasteiger partial charge on any atom is -0.481 e. The molecule has 1 aliphatic rings. The van der Waals surface area contributed by atoms with E-state index in [0.29, 0.717) is 6.54 Å². The van der Waals surface area contributed by atoms with Crippen molar-refractivity contribution in [3.63, 3.8) is 0 Å². The molecule has 18 heavy (non-hydrogen) atoms. The largest absolute Gasteiger partial charge is 0.481 e. The summed E-state index contributed by atoms with van der Waals surface area (Å²) in [5.41, 5.74) is 0. The van der Waals surface area contributed by atoms with Crippen LogP contribution in [0.1, 0.15) is 25.6 Å². The number of nitrogens with zero attached hydrogens (tertiary/aromatic N) is 3. The third-order valence-corrected chi connectivity index (χ3v) is 3.78. The molecule has 1 aliphatic heterocycles. The highest BCUT2D eigenvalue weighted by Gasteiger charge is 2.37. The highest BCUT2D eigenvalue weighted by Crippen LogP contribution is 2.28. The van der Waals surface area contributed by atoms with Crippen LogP contribution in [0.2, 0.25) is 0 Å². The van der Waals surface area contributed by atoms with Gasteiger partial charge in [-0.15, -0.1) is 0 Å². The number of likely N-dealkylation sites (tertiary alicyclic amines) is 1. The first-order valence-electron chi connectivity index (χ1n) is 6.53. The molecule has 0 spiro atoms. The zero-order valence-electron chi connectivity index (χ0n) is 11.0. The van der Waals surface area contributed by atoms with Crippen molar-refractivity contribution < 1.29 is 9.90 Å². The molecule has 5 heteroatoms. The third-order valence-electron chi connectivity index (χ3n) is 3.78. The number of rotatable bonds is 5. The Kier molecular flexibility index (Phi) is 4.01. The maximum Gasteiger partial charge on any atom is 0.308 e. The van der Waals surface area contributed by atoms with Crippen LogP contribution < -0.4 is 0 Å². The highest BCUT2D eigenvalue weighted by molar-refractivity contribution is 5.71. The second-order valence-corrected chi connectivity index (χ2v) is 5.14. The molecule has 2 rings (SSSR count). The minimum atomic E-state index is -0.657. The van der Waals surface area contributed by atoms with E-state index in [1.807, 2.05) is 17.8 Å². The van der Waals surface area contributed by atoms with Gasteiger partial charge in [-0.1, -0.05) is 13.3 Å². The van der Waals surface area contributed by atoms with Crippen molar-refractivity contribution in [2.24, 2.45) is 18.9 Å². The van der Waals surface area contributed by atoms with Crippen molar-refractivity contribution in [1.29, 1.82) is 0 Å². The van der Waals surface area contributed by atoms with Crippen molar-refractivity contribution in [2.75, 3.05) is 13.1 Å². The topological polar surface area (TPSA) is 58.4 Å². The van der Waals surface area contributed by atoms with Gasteiger partial charge in [-0.25, -0.2) is 4.98 Å². The van der Waals surface area contributed by atoms with Gasteiger partial charge in [0.05, 0.1) is 12.5 Å².